The molecule has 9 heavy (non-hydrogen) atoms. The Bertz CT molecular complexity index is 136. The summed E-state index contributed by atoms with van der Waals surface area (Å²) in [4.78, 5) is 0. The third-order valence-corrected chi connectivity index (χ3v) is 0.717. The van der Waals surface area contributed by atoms with E-state index in [4.69, 9.17) is 0 Å². The van der Waals surface area contributed by atoms with Crippen LogP contribution in [0.4, 0.5) is 0 Å². The second-order valence-corrected chi connectivity index (χ2v) is 1.43. The minimum absolute atomic E-state index is 1.73. The van der Waals surface area contributed by atoms with Crippen LogP contribution in [0.25, 0.3) is 0 Å². The molecule has 0 heterocycles. The zero-order valence-corrected chi connectivity index (χ0v) is 5.46. The van der Waals surface area contributed by atoms with Crippen molar-refractivity contribution in [1.29, 1.82) is 0 Å². The molecule has 1 radical (unpaired) electrons. The van der Waals surface area contributed by atoms with Crippen molar-refractivity contribution < 1.29 is 0 Å². The van der Waals surface area contributed by atoms with Crippen LogP contribution >= 0.6 is 0 Å². The third kappa shape index (κ3) is 6.96. The first kappa shape index (κ1) is 7.96. The van der Waals surface area contributed by atoms with E-state index in [1.165, 1.54) is 0 Å². The summed E-state index contributed by atoms with van der Waals surface area (Å²) in [6.45, 7) is 7.05. The smallest absolute Gasteiger partial charge is 0.0313 e. The zero-order chi connectivity index (χ0) is 6.95. The first-order chi connectivity index (χ1) is 4.41. The summed E-state index contributed by atoms with van der Waals surface area (Å²) >= 11 is 0. The van der Waals surface area contributed by atoms with Gasteiger partial charge in [0.2, 0.25) is 0 Å². The molecule has 0 unspecified atom stereocenters. The highest BCUT2D eigenvalue weighted by Crippen LogP contribution is 1.78. The Kier molecular flexibility index (Phi) is 6.16. The molecule has 0 bridgehead atoms. The van der Waals surface area contributed by atoms with Crippen molar-refractivity contribution in [3.8, 4) is 0 Å². The average Bonchev–Trinajstić information content (AvgIpc) is 1.89. The van der Waals surface area contributed by atoms with Crippen molar-refractivity contribution in [2.45, 2.75) is 0 Å². The molecule has 0 rings (SSSR count). The Morgan fingerprint density at radius 3 is 1.89 bits per heavy atom. The standard InChI is InChI=1S/C9H11/c1-3-5-7-9-8-6-4-2/h3-9H,1-2H2. The molecule has 0 aliphatic rings. The lowest BCUT2D eigenvalue weighted by Crippen LogP contribution is -1.47. The van der Waals surface area contributed by atoms with Crippen molar-refractivity contribution in [1.82, 2.24) is 0 Å². The van der Waals surface area contributed by atoms with Gasteiger partial charge in [-0.15, -0.1) is 0 Å². The molecule has 0 saturated heterocycles. The molecule has 0 amide bonds. The van der Waals surface area contributed by atoms with E-state index in [-0.39, 0.29) is 0 Å². The largest absolute Gasteiger partial charge is 0.0991 e. The molecule has 0 atom stereocenters. The van der Waals surface area contributed by atoms with E-state index in [1.54, 1.807) is 12.2 Å². The first-order valence-corrected chi connectivity index (χ1v) is 2.82. The van der Waals surface area contributed by atoms with Gasteiger partial charge in [0.1, 0.15) is 0 Å². The summed E-state index contributed by atoms with van der Waals surface area (Å²) in [5, 5.41) is 0. The Morgan fingerprint density at radius 1 is 0.778 bits per heavy atom. The molecule has 0 aliphatic carbocycles. The molecule has 0 spiro atoms. The van der Waals surface area contributed by atoms with Crippen molar-refractivity contribution in [3.63, 3.8) is 0 Å². The van der Waals surface area contributed by atoms with Gasteiger partial charge < -0.3 is 0 Å². The lowest BCUT2D eigenvalue weighted by atomic mass is 10.4. The van der Waals surface area contributed by atoms with Gasteiger partial charge in [-0.1, -0.05) is 49.1 Å². The van der Waals surface area contributed by atoms with Crippen LogP contribution in [0, 0.1) is 6.92 Å². The minimum Gasteiger partial charge on any atom is -0.0991 e. The topological polar surface area (TPSA) is 0 Å². The van der Waals surface area contributed by atoms with E-state index in [0.29, 0.717) is 0 Å². The highest BCUT2D eigenvalue weighted by molar-refractivity contribution is 5.14. The van der Waals surface area contributed by atoms with Crippen LogP contribution < -0.4 is 0 Å². The van der Waals surface area contributed by atoms with Crippen molar-refractivity contribution in [3.05, 3.63) is 56.0 Å². The fourth-order valence-corrected chi connectivity index (χ4v) is 0.350. The maximum atomic E-state index is 3.53. The lowest BCUT2D eigenvalue weighted by molar-refractivity contribution is 1.88. The monoisotopic (exact) mass is 119 g/mol. The zero-order valence-electron chi connectivity index (χ0n) is 5.46. The van der Waals surface area contributed by atoms with Crippen LogP contribution in [0.1, 0.15) is 0 Å². The van der Waals surface area contributed by atoms with Gasteiger partial charge in [-0.3, -0.25) is 0 Å². The van der Waals surface area contributed by atoms with E-state index in [1.807, 2.05) is 30.4 Å². The Balaban J connectivity index is 3.46. The van der Waals surface area contributed by atoms with Gasteiger partial charge in [0.15, 0.2) is 0 Å². The maximum absolute atomic E-state index is 3.53. The molecule has 47 valence electrons. The highest BCUT2D eigenvalue weighted by atomic mass is 13.6. The highest BCUT2D eigenvalue weighted by Gasteiger charge is 1.57. The number of hydrogen-bond donors (Lipinski definition) is 0. The molecule has 0 aliphatic heterocycles. The van der Waals surface area contributed by atoms with Crippen LogP contribution in [0.3, 0.4) is 0 Å². The van der Waals surface area contributed by atoms with Gasteiger partial charge in [-0.2, -0.15) is 0 Å². The van der Waals surface area contributed by atoms with Gasteiger partial charge >= 0.3 is 0 Å². The summed E-state index contributed by atoms with van der Waals surface area (Å²) in [5.41, 5.74) is 0. The maximum Gasteiger partial charge on any atom is -0.0313 e. The molecule has 0 N–H and O–H groups in total. The van der Waals surface area contributed by atoms with E-state index < -0.39 is 0 Å². The number of rotatable bonds is 3. The van der Waals surface area contributed by atoms with Gasteiger partial charge in [0.25, 0.3) is 0 Å². The van der Waals surface area contributed by atoms with E-state index in [2.05, 4.69) is 13.5 Å². The Labute approximate surface area is 56.9 Å². The van der Waals surface area contributed by atoms with Crippen LogP contribution in [-0.4, -0.2) is 0 Å². The summed E-state index contributed by atoms with van der Waals surface area (Å²) in [6.07, 6.45) is 12.9. The summed E-state index contributed by atoms with van der Waals surface area (Å²) in [7, 11) is 0. The van der Waals surface area contributed by atoms with Gasteiger partial charge in [-0.25, -0.2) is 0 Å². The fourth-order valence-electron chi connectivity index (χ4n) is 0.350. The average molecular weight is 119 g/mol. The number of hydrogen-bond acceptors (Lipinski definition) is 0. The van der Waals surface area contributed by atoms with E-state index in [0.717, 1.165) is 0 Å². The summed E-state index contributed by atoms with van der Waals surface area (Å²) < 4.78 is 0. The van der Waals surface area contributed by atoms with Gasteiger partial charge in [0.05, 0.1) is 0 Å². The normalized spacial score (nSPS) is 12.1. The Morgan fingerprint density at radius 2 is 1.33 bits per heavy atom. The third-order valence-electron chi connectivity index (χ3n) is 0.717. The second kappa shape index (κ2) is 6.96. The van der Waals surface area contributed by atoms with Crippen LogP contribution in [0.15, 0.2) is 49.1 Å². The molecule has 0 fully saturated rings. The SMILES string of the molecule is [CH2]C=CC=CC=CC=C. The molecule has 0 saturated carbocycles. The fraction of sp³-hybridized carbons (Fsp3) is 0. The lowest BCUT2D eigenvalue weighted by Gasteiger charge is -1.69. The predicted octanol–water partition coefficient (Wildman–Crippen LogP) is 2.68. The van der Waals surface area contributed by atoms with Gasteiger partial charge in [0, 0.05) is 0 Å². The first-order valence-electron chi connectivity index (χ1n) is 2.82. The van der Waals surface area contributed by atoms with Crippen LogP contribution in [0.5, 0.6) is 0 Å². The molecule has 0 aromatic carbocycles. The molecule has 0 heteroatoms. The second-order valence-electron chi connectivity index (χ2n) is 1.43. The minimum atomic E-state index is 1.73. The van der Waals surface area contributed by atoms with E-state index >= 15 is 0 Å². The predicted molar refractivity (Wildman–Crippen MR) is 43.0 cm³/mol. The van der Waals surface area contributed by atoms with E-state index in [9.17, 15) is 0 Å². The van der Waals surface area contributed by atoms with Crippen molar-refractivity contribution in [2.75, 3.05) is 0 Å². The molecule has 0 aromatic heterocycles. The number of allylic oxidation sites excluding steroid dienone is 7. The molecular weight excluding hydrogens is 108 g/mol. The summed E-state index contributed by atoms with van der Waals surface area (Å²) in [5.74, 6) is 0. The van der Waals surface area contributed by atoms with Crippen molar-refractivity contribution in [2.24, 2.45) is 0 Å². The Hall–Kier alpha value is -1.04. The molecular formula is C9H11. The summed E-state index contributed by atoms with van der Waals surface area (Å²) in [6, 6.07) is 0. The molecule has 0 nitrogen and oxygen atoms in total. The van der Waals surface area contributed by atoms with Crippen LogP contribution in [-0.2, 0) is 0 Å². The van der Waals surface area contributed by atoms with Crippen LogP contribution in [0.2, 0.25) is 0 Å². The van der Waals surface area contributed by atoms with Gasteiger partial charge in [-0.05, 0) is 6.92 Å². The quantitative estimate of drug-likeness (QED) is 0.501. The molecule has 0 aromatic rings. The van der Waals surface area contributed by atoms with Crippen molar-refractivity contribution >= 4 is 0 Å².